The fourth-order valence-corrected chi connectivity index (χ4v) is 5.35. The summed E-state index contributed by atoms with van der Waals surface area (Å²) in [5, 5.41) is 0. The van der Waals surface area contributed by atoms with E-state index in [1.807, 2.05) is 6.92 Å². The Balaban J connectivity index is 2.53. The second-order valence-corrected chi connectivity index (χ2v) is 9.38. The monoisotopic (exact) mass is 346 g/mol. The van der Waals surface area contributed by atoms with Crippen LogP contribution >= 0.6 is 11.6 Å². The molecule has 1 aliphatic rings. The van der Waals surface area contributed by atoms with Gasteiger partial charge in [-0.25, -0.2) is 16.8 Å². The summed E-state index contributed by atoms with van der Waals surface area (Å²) in [6, 6.07) is 0. The van der Waals surface area contributed by atoms with E-state index in [9.17, 15) is 16.8 Å². The molecule has 1 rings (SSSR count). The van der Waals surface area contributed by atoms with Crippen LogP contribution < -0.4 is 0 Å². The fourth-order valence-electron chi connectivity index (χ4n) is 2.12. The summed E-state index contributed by atoms with van der Waals surface area (Å²) in [6.07, 6.45) is 1.78. The van der Waals surface area contributed by atoms with Crippen LogP contribution in [0.25, 0.3) is 0 Å². The van der Waals surface area contributed by atoms with E-state index in [1.54, 1.807) is 0 Å². The quantitative estimate of drug-likeness (QED) is 0.479. The predicted octanol–water partition coefficient (Wildman–Crippen LogP) is 0.693. The summed E-state index contributed by atoms with van der Waals surface area (Å²) < 4.78 is 50.7. The summed E-state index contributed by atoms with van der Waals surface area (Å²) in [7, 11) is -6.51. The Bertz CT molecular complexity index is 485. The number of alkyl halides is 1. The SMILES string of the molecule is CCCS(=O)(=O)N1CCN(S(=O)(=O)CCCCCl)CC1. The van der Waals surface area contributed by atoms with Gasteiger partial charge in [0.15, 0.2) is 0 Å². The van der Waals surface area contributed by atoms with Crippen LogP contribution in [0.2, 0.25) is 0 Å². The molecule has 1 aliphatic heterocycles. The van der Waals surface area contributed by atoms with E-state index in [0.717, 1.165) is 0 Å². The highest BCUT2D eigenvalue weighted by molar-refractivity contribution is 7.89. The van der Waals surface area contributed by atoms with Crippen molar-refractivity contribution < 1.29 is 16.8 Å². The number of sulfonamides is 2. The molecule has 6 nitrogen and oxygen atoms in total. The fraction of sp³-hybridized carbons (Fsp3) is 1.00. The van der Waals surface area contributed by atoms with Crippen LogP contribution in [-0.2, 0) is 20.0 Å². The third-order valence-electron chi connectivity index (χ3n) is 3.23. The normalized spacial score (nSPS) is 19.3. The Morgan fingerprint density at radius 2 is 1.30 bits per heavy atom. The predicted molar refractivity (Wildman–Crippen MR) is 81.0 cm³/mol. The van der Waals surface area contributed by atoms with Crippen molar-refractivity contribution in [2.24, 2.45) is 0 Å². The summed E-state index contributed by atoms with van der Waals surface area (Å²) in [5.74, 6) is 0.662. The van der Waals surface area contributed by atoms with Crippen molar-refractivity contribution in [2.45, 2.75) is 26.2 Å². The van der Waals surface area contributed by atoms with Crippen molar-refractivity contribution >= 4 is 31.6 Å². The Morgan fingerprint density at radius 3 is 1.70 bits per heavy atom. The summed E-state index contributed by atoms with van der Waals surface area (Å²) in [4.78, 5) is 0. The first-order chi connectivity index (χ1) is 9.33. The van der Waals surface area contributed by atoms with E-state index in [1.165, 1.54) is 8.61 Å². The van der Waals surface area contributed by atoms with Crippen molar-refractivity contribution in [3.8, 4) is 0 Å². The first-order valence-electron chi connectivity index (χ1n) is 6.85. The molecular weight excluding hydrogens is 324 g/mol. The number of hydrogen-bond donors (Lipinski definition) is 0. The molecule has 1 saturated heterocycles. The van der Waals surface area contributed by atoms with E-state index >= 15 is 0 Å². The lowest BCUT2D eigenvalue weighted by molar-refractivity contribution is 0.272. The van der Waals surface area contributed by atoms with Crippen LogP contribution in [0.1, 0.15) is 26.2 Å². The van der Waals surface area contributed by atoms with Crippen molar-refractivity contribution in [1.29, 1.82) is 0 Å². The lowest BCUT2D eigenvalue weighted by Gasteiger charge is -2.33. The van der Waals surface area contributed by atoms with Gasteiger partial charge < -0.3 is 0 Å². The maximum absolute atomic E-state index is 12.1. The summed E-state index contributed by atoms with van der Waals surface area (Å²) >= 11 is 5.53. The minimum absolute atomic E-state index is 0.0848. The van der Waals surface area contributed by atoms with E-state index in [4.69, 9.17) is 11.6 Å². The molecule has 0 unspecified atom stereocenters. The topological polar surface area (TPSA) is 74.8 Å². The Labute approximate surface area is 127 Å². The molecule has 0 aromatic heterocycles. The third-order valence-corrected chi connectivity index (χ3v) is 7.53. The Morgan fingerprint density at radius 1 is 0.850 bits per heavy atom. The number of unbranched alkanes of at least 4 members (excludes halogenated alkanes) is 1. The zero-order valence-corrected chi connectivity index (χ0v) is 14.2. The largest absolute Gasteiger partial charge is 0.214 e. The molecule has 0 amide bonds. The molecule has 120 valence electrons. The maximum Gasteiger partial charge on any atom is 0.214 e. The highest BCUT2D eigenvalue weighted by Gasteiger charge is 2.31. The van der Waals surface area contributed by atoms with Gasteiger partial charge in [-0.05, 0) is 19.3 Å². The molecule has 0 bridgehead atoms. The van der Waals surface area contributed by atoms with Crippen LogP contribution in [0.3, 0.4) is 0 Å². The van der Waals surface area contributed by atoms with Gasteiger partial charge in [0.05, 0.1) is 11.5 Å². The van der Waals surface area contributed by atoms with E-state index in [2.05, 4.69) is 0 Å². The molecule has 1 fully saturated rings. The van der Waals surface area contributed by atoms with E-state index in [0.29, 0.717) is 25.1 Å². The number of rotatable bonds is 8. The van der Waals surface area contributed by atoms with Gasteiger partial charge in [0, 0.05) is 32.1 Å². The first-order valence-corrected chi connectivity index (χ1v) is 10.6. The van der Waals surface area contributed by atoms with E-state index < -0.39 is 20.0 Å². The zero-order chi connectivity index (χ0) is 15.2. The maximum atomic E-state index is 12.1. The van der Waals surface area contributed by atoms with Crippen LogP contribution in [-0.4, -0.2) is 69.0 Å². The molecule has 0 atom stereocenters. The number of nitrogens with zero attached hydrogens (tertiary/aromatic N) is 2. The van der Waals surface area contributed by atoms with Crippen LogP contribution in [0, 0.1) is 0 Å². The average Bonchev–Trinajstić information content (AvgIpc) is 2.39. The molecule has 20 heavy (non-hydrogen) atoms. The molecular formula is C11H23ClN2O4S2. The minimum atomic E-state index is -3.28. The number of halogens is 1. The molecule has 0 N–H and O–H groups in total. The molecule has 0 spiro atoms. The van der Waals surface area contributed by atoms with Crippen molar-refractivity contribution in [1.82, 2.24) is 8.61 Å². The van der Waals surface area contributed by atoms with Crippen LogP contribution in [0.15, 0.2) is 0 Å². The van der Waals surface area contributed by atoms with Crippen LogP contribution in [0.4, 0.5) is 0 Å². The van der Waals surface area contributed by atoms with Crippen molar-refractivity contribution in [3.63, 3.8) is 0 Å². The van der Waals surface area contributed by atoms with Gasteiger partial charge in [0.1, 0.15) is 0 Å². The molecule has 1 heterocycles. The zero-order valence-electron chi connectivity index (χ0n) is 11.8. The first kappa shape index (κ1) is 18.2. The molecule has 0 aliphatic carbocycles. The third kappa shape index (κ3) is 5.14. The van der Waals surface area contributed by atoms with Gasteiger partial charge in [-0.1, -0.05) is 6.92 Å². The molecule has 9 heteroatoms. The van der Waals surface area contributed by atoms with E-state index in [-0.39, 0.29) is 37.7 Å². The molecule has 0 saturated carbocycles. The van der Waals surface area contributed by atoms with Gasteiger partial charge in [-0.15, -0.1) is 11.6 Å². The lowest BCUT2D eigenvalue weighted by atomic mass is 10.4. The summed E-state index contributed by atoms with van der Waals surface area (Å²) in [6.45, 7) is 2.79. The van der Waals surface area contributed by atoms with Gasteiger partial charge in [0.2, 0.25) is 20.0 Å². The Hall–Kier alpha value is 0.110. The van der Waals surface area contributed by atoms with Crippen molar-refractivity contribution in [2.75, 3.05) is 43.6 Å². The molecule has 0 radical (unpaired) electrons. The number of hydrogen-bond acceptors (Lipinski definition) is 4. The van der Waals surface area contributed by atoms with Gasteiger partial charge >= 0.3 is 0 Å². The van der Waals surface area contributed by atoms with Crippen molar-refractivity contribution in [3.05, 3.63) is 0 Å². The van der Waals surface area contributed by atoms with Gasteiger partial charge in [0.25, 0.3) is 0 Å². The van der Waals surface area contributed by atoms with Crippen LogP contribution in [0.5, 0.6) is 0 Å². The highest BCUT2D eigenvalue weighted by Crippen LogP contribution is 2.13. The number of piperazine rings is 1. The minimum Gasteiger partial charge on any atom is -0.212 e. The average molecular weight is 347 g/mol. The lowest BCUT2D eigenvalue weighted by Crippen LogP contribution is -2.51. The van der Waals surface area contributed by atoms with Gasteiger partial charge in [-0.2, -0.15) is 8.61 Å². The highest BCUT2D eigenvalue weighted by atomic mass is 35.5. The molecule has 0 aromatic rings. The van der Waals surface area contributed by atoms with Gasteiger partial charge in [-0.3, -0.25) is 0 Å². The Kier molecular flexibility index (Phi) is 7.20. The molecule has 0 aromatic carbocycles. The second-order valence-electron chi connectivity index (χ2n) is 4.83. The summed E-state index contributed by atoms with van der Waals surface area (Å²) in [5.41, 5.74) is 0. The second kappa shape index (κ2) is 7.93. The smallest absolute Gasteiger partial charge is 0.212 e. The standard InChI is InChI=1S/C11H23ClN2O4S2/c1-2-10-19(15,16)13-6-8-14(9-7-13)20(17,18)11-4-3-5-12/h2-11H2,1H3.